The van der Waals surface area contributed by atoms with Crippen LogP contribution in [0.2, 0.25) is 0 Å². The first-order valence-corrected chi connectivity index (χ1v) is 8.82. The molecule has 0 amide bonds. The zero-order valence-electron chi connectivity index (χ0n) is 15.4. The van der Waals surface area contributed by atoms with Gasteiger partial charge in [0.15, 0.2) is 0 Å². The molecule has 2 aromatic rings. The van der Waals surface area contributed by atoms with Crippen LogP contribution in [0.1, 0.15) is 44.5 Å². The number of aromatic nitrogens is 1. The molecule has 25 heavy (non-hydrogen) atoms. The van der Waals surface area contributed by atoms with Gasteiger partial charge in [-0.05, 0) is 58.4 Å². The molecule has 1 aliphatic rings. The minimum Gasteiger partial charge on any atom is -0.456 e. The number of esters is 1. The Balaban J connectivity index is 1.95. The Kier molecular flexibility index (Phi) is 4.95. The lowest BCUT2D eigenvalue weighted by Gasteiger charge is -2.23. The lowest BCUT2D eigenvalue weighted by molar-refractivity contribution is 0.00717. The van der Waals surface area contributed by atoms with Gasteiger partial charge in [0, 0.05) is 30.4 Å². The van der Waals surface area contributed by atoms with Crippen molar-refractivity contribution < 1.29 is 14.3 Å². The number of nitrogens with zero attached hydrogens (tertiary/aromatic N) is 2. The van der Waals surface area contributed by atoms with Crippen LogP contribution in [0, 0.1) is 0 Å². The molecule has 1 unspecified atom stereocenters. The van der Waals surface area contributed by atoms with Gasteiger partial charge in [0.1, 0.15) is 5.60 Å². The minimum absolute atomic E-state index is 0.282. The van der Waals surface area contributed by atoms with E-state index in [1.54, 1.807) is 12.3 Å². The van der Waals surface area contributed by atoms with Crippen molar-refractivity contribution in [2.45, 2.75) is 45.8 Å². The number of carbonyl (C=O) groups excluding carboxylic acids is 1. The smallest absolute Gasteiger partial charge is 0.339 e. The van der Waals surface area contributed by atoms with Crippen LogP contribution >= 0.6 is 0 Å². The second-order valence-corrected chi connectivity index (χ2v) is 7.52. The Hall–Kier alpha value is -2.14. The van der Waals surface area contributed by atoms with Crippen LogP contribution in [-0.4, -0.2) is 42.4 Å². The molecule has 2 heterocycles. The number of carbonyl (C=O) groups is 1. The second kappa shape index (κ2) is 7.00. The van der Waals surface area contributed by atoms with Gasteiger partial charge in [-0.2, -0.15) is 0 Å². The van der Waals surface area contributed by atoms with Gasteiger partial charge in [0.25, 0.3) is 0 Å². The Bertz CT molecular complexity index is 767. The highest BCUT2D eigenvalue weighted by molar-refractivity contribution is 6.04. The maximum Gasteiger partial charge on any atom is 0.339 e. The molecule has 134 valence electrons. The van der Waals surface area contributed by atoms with Crippen molar-refractivity contribution in [1.29, 1.82) is 0 Å². The molecule has 0 aliphatic carbocycles. The van der Waals surface area contributed by atoms with E-state index in [1.165, 1.54) is 0 Å². The average Bonchev–Trinajstić information content (AvgIpc) is 2.77. The zero-order chi connectivity index (χ0) is 18.0. The third-order valence-electron chi connectivity index (χ3n) is 4.28. The molecule has 1 aromatic carbocycles. The van der Waals surface area contributed by atoms with Crippen molar-refractivity contribution in [1.82, 2.24) is 4.98 Å². The molecule has 0 radical (unpaired) electrons. The van der Waals surface area contributed by atoms with Gasteiger partial charge in [-0.25, -0.2) is 4.79 Å². The highest BCUT2D eigenvalue weighted by Gasteiger charge is 2.21. The van der Waals surface area contributed by atoms with Crippen LogP contribution in [0.5, 0.6) is 0 Å². The van der Waals surface area contributed by atoms with E-state index in [0.29, 0.717) is 12.2 Å². The lowest BCUT2D eigenvalue weighted by Crippen LogP contribution is -2.26. The first-order chi connectivity index (χ1) is 11.8. The van der Waals surface area contributed by atoms with Crippen LogP contribution in [0.3, 0.4) is 0 Å². The zero-order valence-corrected chi connectivity index (χ0v) is 15.4. The molecule has 1 saturated heterocycles. The van der Waals surface area contributed by atoms with E-state index in [4.69, 9.17) is 9.47 Å². The highest BCUT2D eigenvalue weighted by Crippen LogP contribution is 2.26. The number of rotatable bonds is 2. The van der Waals surface area contributed by atoms with E-state index in [9.17, 15) is 4.79 Å². The monoisotopic (exact) mass is 342 g/mol. The van der Waals surface area contributed by atoms with Gasteiger partial charge in [0.2, 0.25) is 0 Å². The number of anilines is 1. The summed E-state index contributed by atoms with van der Waals surface area (Å²) >= 11 is 0. The standard InChI is InChI=1S/C20H26N2O3/c1-14-8-10-22(11-12-24-14)15-5-6-18-17(13-15)16(7-9-21-18)19(23)25-20(2,3)4/h5-7,9,13-14H,8,10-12H2,1-4H3. The van der Waals surface area contributed by atoms with Crippen molar-refractivity contribution in [3.05, 3.63) is 36.0 Å². The number of benzene rings is 1. The van der Waals surface area contributed by atoms with Crippen molar-refractivity contribution in [3.63, 3.8) is 0 Å². The topological polar surface area (TPSA) is 51.7 Å². The summed E-state index contributed by atoms with van der Waals surface area (Å²) in [5.74, 6) is -0.315. The number of pyridine rings is 1. The minimum atomic E-state index is -0.525. The normalized spacial score (nSPS) is 18.9. The molecule has 3 rings (SSSR count). The van der Waals surface area contributed by atoms with E-state index in [-0.39, 0.29) is 12.1 Å². The summed E-state index contributed by atoms with van der Waals surface area (Å²) in [6, 6.07) is 7.79. The molecule has 1 atom stereocenters. The summed E-state index contributed by atoms with van der Waals surface area (Å²) in [7, 11) is 0. The first-order valence-electron chi connectivity index (χ1n) is 8.82. The Morgan fingerprint density at radius 2 is 2.08 bits per heavy atom. The molecule has 0 saturated carbocycles. The Morgan fingerprint density at radius 1 is 1.28 bits per heavy atom. The van der Waals surface area contributed by atoms with Crippen LogP contribution in [0.25, 0.3) is 10.9 Å². The summed E-state index contributed by atoms with van der Waals surface area (Å²) in [4.78, 5) is 19.3. The number of ether oxygens (including phenoxy) is 2. The predicted octanol–water partition coefficient (Wildman–Crippen LogP) is 3.81. The van der Waals surface area contributed by atoms with Crippen molar-refractivity contribution in [3.8, 4) is 0 Å². The maximum atomic E-state index is 12.6. The van der Waals surface area contributed by atoms with Crippen LogP contribution in [0.4, 0.5) is 5.69 Å². The fourth-order valence-electron chi connectivity index (χ4n) is 3.00. The Labute approximate surface area is 148 Å². The largest absolute Gasteiger partial charge is 0.456 e. The molecular formula is C20H26N2O3. The Morgan fingerprint density at radius 3 is 2.84 bits per heavy atom. The first kappa shape index (κ1) is 17.7. The molecule has 0 spiro atoms. The second-order valence-electron chi connectivity index (χ2n) is 7.52. The van der Waals surface area contributed by atoms with Crippen molar-refractivity contribution in [2.24, 2.45) is 0 Å². The van der Waals surface area contributed by atoms with E-state index in [0.717, 1.165) is 36.1 Å². The third-order valence-corrected chi connectivity index (χ3v) is 4.28. The number of hydrogen-bond donors (Lipinski definition) is 0. The van der Waals surface area contributed by atoms with Gasteiger partial charge in [0.05, 0.1) is 23.8 Å². The average molecular weight is 342 g/mol. The molecule has 0 bridgehead atoms. The summed E-state index contributed by atoms with van der Waals surface area (Å²) in [5.41, 5.74) is 1.92. The molecule has 5 nitrogen and oxygen atoms in total. The fraction of sp³-hybridized carbons (Fsp3) is 0.500. The fourth-order valence-corrected chi connectivity index (χ4v) is 3.00. The number of hydrogen-bond acceptors (Lipinski definition) is 5. The third kappa shape index (κ3) is 4.28. The summed E-state index contributed by atoms with van der Waals surface area (Å²) in [5, 5.41) is 0.826. The van der Waals surface area contributed by atoms with Gasteiger partial charge >= 0.3 is 5.97 Å². The molecule has 5 heteroatoms. The van der Waals surface area contributed by atoms with E-state index in [1.807, 2.05) is 32.9 Å². The van der Waals surface area contributed by atoms with Crippen LogP contribution in [0.15, 0.2) is 30.5 Å². The molecule has 0 N–H and O–H groups in total. The summed E-state index contributed by atoms with van der Waals surface area (Å²) in [6.45, 7) is 10.2. The van der Waals surface area contributed by atoms with Crippen molar-refractivity contribution >= 4 is 22.6 Å². The molecule has 1 aromatic heterocycles. The quantitative estimate of drug-likeness (QED) is 0.777. The van der Waals surface area contributed by atoms with E-state index >= 15 is 0 Å². The maximum absolute atomic E-state index is 12.6. The van der Waals surface area contributed by atoms with Gasteiger partial charge < -0.3 is 14.4 Å². The molecule has 1 aliphatic heterocycles. The van der Waals surface area contributed by atoms with Gasteiger partial charge in [-0.3, -0.25) is 4.98 Å². The van der Waals surface area contributed by atoms with E-state index < -0.39 is 5.60 Å². The number of fused-ring (bicyclic) bond motifs is 1. The predicted molar refractivity (Wildman–Crippen MR) is 99.2 cm³/mol. The molecule has 1 fully saturated rings. The van der Waals surface area contributed by atoms with E-state index in [2.05, 4.69) is 22.9 Å². The van der Waals surface area contributed by atoms with Crippen LogP contribution in [-0.2, 0) is 9.47 Å². The molecular weight excluding hydrogens is 316 g/mol. The van der Waals surface area contributed by atoms with Crippen molar-refractivity contribution in [2.75, 3.05) is 24.6 Å². The van der Waals surface area contributed by atoms with Crippen LogP contribution < -0.4 is 4.90 Å². The summed E-state index contributed by atoms with van der Waals surface area (Å²) in [6.07, 6.45) is 2.93. The van der Waals surface area contributed by atoms with Gasteiger partial charge in [-0.15, -0.1) is 0 Å². The summed E-state index contributed by atoms with van der Waals surface area (Å²) < 4.78 is 11.3. The SMILES string of the molecule is CC1CCN(c2ccc3nccc(C(=O)OC(C)(C)C)c3c2)CCO1. The highest BCUT2D eigenvalue weighted by atomic mass is 16.6. The lowest BCUT2D eigenvalue weighted by atomic mass is 10.1. The van der Waals surface area contributed by atoms with Gasteiger partial charge in [-0.1, -0.05) is 0 Å².